The number of rotatable bonds is 14. The van der Waals surface area contributed by atoms with Crippen LogP contribution in [0.3, 0.4) is 0 Å². The Kier molecular flexibility index (Phi) is 16.2. The van der Waals surface area contributed by atoms with Gasteiger partial charge in [-0.05, 0) is 39.8 Å². The van der Waals surface area contributed by atoms with Crippen LogP contribution in [0, 0.1) is 0 Å². The van der Waals surface area contributed by atoms with Crippen LogP contribution in [0.1, 0.15) is 70.7 Å². The second kappa shape index (κ2) is 17.5. The third-order valence-electron chi connectivity index (χ3n) is 4.48. The van der Waals surface area contributed by atoms with Gasteiger partial charge in [-0.25, -0.2) is 4.79 Å². The Morgan fingerprint density at radius 3 is 1.50 bits per heavy atom. The van der Waals surface area contributed by atoms with Gasteiger partial charge in [0.2, 0.25) is 0 Å². The number of carbonyl (C=O) groups excluding carboxylic acids is 6. The summed E-state index contributed by atoms with van der Waals surface area (Å²) in [6.45, 7) is 6.97. The molecule has 0 fully saturated rings. The number of para-hydroxylation sites is 1. The number of aliphatic carboxylic acids is 1. The third kappa shape index (κ3) is 14.7. The van der Waals surface area contributed by atoms with Gasteiger partial charge in [-0.2, -0.15) is 0 Å². The van der Waals surface area contributed by atoms with E-state index in [1.165, 1.54) is 46.8 Å². The fraction of sp³-hybridized carbons (Fsp3) is 0.520. The average Bonchev–Trinajstić information content (AvgIpc) is 2.71. The number of carbonyl (C=O) groups is 6. The predicted molar refractivity (Wildman–Crippen MR) is 123 cm³/mol. The van der Waals surface area contributed by atoms with Gasteiger partial charge in [0.05, 0.1) is 19.3 Å². The number of carboxylic acids is 1. The van der Waals surface area contributed by atoms with Crippen LogP contribution in [-0.4, -0.2) is 60.2 Å². The fourth-order valence-electron chi connectivity index (χ4n) is 3.05. The molecule has 0 aromatic heterocycles. The van der Waals surface area contributed by atoms with Crippen molar-refractivity contribution in [3.05, 3.63) is 29.8 Å². The SMILES string of the molecule is CC(=O)Oc1ccccc1C(=O)OC(C)CC(=O)OC(C)CC(=O)OC(C)CC(=O)OC(C)CC(=O)[O-].[Na+]. The molecule has 0 amide bonds. The van der Waals surface area contributed by atoms with Crippen molar-refractivity contribution in [2.75, 3.05) is 0 Å². The standard InChI is InChI=1S/C25H32O12.Na/c1-14(10-21(27)28)33-22(29)11-15(2)34-23(30)12-16(3)35-24(31)13-17(4)36-25(32)19-8-6-7-9-20(19)37-18(5)26;/h6-9,14-17H,10-13H2,1-5H3,(H,27,28);/q;+1/p-1. The van der Waals surface area contributed by atoms with Crippen molar-refractivity contribution in [1.29, 1.82) is 0 Å². The number of carboxylic acid groups (broad SMARTS) is 1. The van der Waals surface area contributed by atoms with E-state index in [1.807, 2.05) is 0 Å². The smallest absolute Gasteiger partial charge is 0.550 e. The minimum absolute atomic E-state index is 0. The minimum atomic E-state index is -1.36. The summed E-state index contributed by atoms with van der Waals surface area (Å²) < 4.78 is 25.3. The van der Waals surface area contributed by atoms with Gasteiger partial charge in [0, 0.05) is 19.3 Å². The van der Waals surface area contributed by atoms with Crippen LogP contribution in [0.2, 0.25) is 0 Å². The summed E-state index contributed by atoms with van der Waals surface area (Å²) in [6, 6.07) is 5.98. The van der Waals surface area contributed by atoms with Gasteiger partial charge in [-0.3, -0.25) is 19.2 Å². The van der Waals surface area contributed by atoms with Gasteiger partial charge in [-0.1, -0.05) is 12.1 Å². The first-order chi connectivity index (χ1) is 17.3. The Labute approximate surface area is 242 Å². The van der Waals surface area contributed by atoms with E-state index in [4.69, 9.17) is 23.7 Å². The van der Waals surface area contributed by atoms with Crippen LogP contribution in [0.4, 0.5) is 0 Å². The van der Waals surface area contributed by atoms with E-state index in [2.05, 4.69) is 0 Å². The van der Waals surface area contributed by atoms with E-state index in [0.717, 1.165) is 0 Å². The molecule has 0 N–H and O–H groups in total. The second-order valence-corrected chi connectivity index (χ2v) is 8.40. The van der Waals surface area contributed by atoms with Crippen LogP contribution in [-0.2, 0) is 42.9 Å². The first-order valence-corrected chi connectivity index (χ1v) is 11.5. The monoisotopic (exact) mass is 546 g/mol. The topological polar surface area (TPSA) is 172 Å². The molecule has 0 heterocycles. The fourth-order valence-corrected chi connectivity index (χ4v) is 3.05. The zero-order valence-electron chi connectivity index (χ0n) is 22.3. The molecule has 13 heteroatoms. The Hall–Kier alpha value is -2.96. The van der Waals surface area contributed by atoms with Gasteiger partial charge in [0.15, 0.2) is 0 Å². The summed E-state index contributed by atoms with van der Waals surface area (Å²) in [6.07, 6.45) is -4.83. The molecule has 0 spiro atoms. The number of ether oxygens (including phenoxy) is 5. The Morgan fingerprint density at radius 1 is 0.684 bits per heavy atom. The summed E-state index contributed by atoms with van der Waals surface area (Å²) in [5, 5.41) is 10.5. The minimum Gasteiger partial charge on any atom is -0.550 e. The van der Waals surface area contributed by atoms with E-state index in [1.54, 1.807) is 12.1 Å². The van der Waals surface area contributed by atoms with Crippen molar-refractivity contribution in [1.82, 2.24) is 0 Å². The largest absolute Gasteiger partial charge is 1.00 e. The summed E-state index contributed by atoms with van der Waals surface area (Å²) >= 11 is 0. The van der Waals surface area contributed by atoms with E-state index in [9.17, 15) is 33.9 Å². The molecule has 0 aliphatic rings. The maximum atomic E-state index is 12.4. The first kappa shape index (κ1) is 35.0. The molecule has 0 saturated carbocycles. The maximum Gasteiger partial charge on any atom is 1.00 e. The van der Waals surface area contributed by atoms with Crippen LogP contribution < -0.4 is 39.4 Å². The van der Waals surface area contributed by atoms with Crippen LogP contribution in [0.25, 0.3) is 0 Å². The molecular formula is C25H31NaO12. The summed E-state index contributed by atoms with van der Waals surface area (Å²) in [7, 11) is 0. The van der Waals surface area contributed by atoms with E-state index < -0.39 is 66.7 Å². The number of esters is 5. The van der Waals surface area contributed by atoms with Gasteiger partial charge in [-0.15, -0.1) is 0 Å². The van der Waals surface area contributed by atoms with Crippen molar-refractivity contribution in [3.63, 3.8) is 0 Å². The van der Waals surface area contributed by atoms with E-state index in [-0.39, 0.29) is 60.1 Å². The van der Waals surface area contributed by atoms with Gasteiger partial charge < -0.3 is 33.6 Å². The van der Waals surface area contributed by atoms with Gasteiger partial charge in [0.1, 0.15) is 35.7 Å². The Morgan fingerprint density at radius 2 is 1.08 bits per heavy atom. The number of hydrogen-bond donors (Lipinski definition) is 0. The third-order valence-corrected chi connectivity index (χ3v) is 4.48. The molecule has 0 aliphatic carbocycles. The molecule has 4 unspecified atom stereocenters. The average molecular weight is 547 g/mol. The summed E-state index contributed by atoms with van der Waals surface area (Å²) in [4.78, 5) is 70.1. The summed E-state index contributed by atoms with van der Waals surface area (Å²) in [5.41, 5.74) is 0.0142. The molecule has 1 rings (SSSR count). The summed E-state index contributed by atoms with van der Waals surface area (Å²) in [5.74, 6) is -4.95. The molecule has 1 aromatic rings. The zero-order chi connectivity index (χ0) is 28.1. The molecule has 0 bridgehead atoms. The van der Waals surface area contributed by atoms with E-state index in [0.29, 0.717) is 0 Å². The van der Waals surface area contributed by atoms with Crippen molar-refractivity contribution < 1.29 is 87.1 Å². The predicted octanol–water partition coefficient (Wildman–Crippen LogP) is -1.73. The van der Waals surface area contributed by atoms with Gasteiger partial charge in [0.25, 0.3) is 0 Å². The molecule has 1 aromatic carbocycles. The van der Waals surface area contributed by atoms with Crippen LogP contribution >= 0.6 is 0 Å². The van der Waals surface area contributed by atoms with Crippen molar-refractivity contribution >= 4 is 35.8 Å². The number of hydrogen-bond acceptors (Lipinski definition) is 12. The normalized spacial score (nSPS) is 13.4. The molecule has 0 aliphatic heterocycles. The van der Waals surface area contributed by atoms with Crippen molar-refractivity contribution in [2.45, 2.75) is 84.7 Å². The number of benzene rings is 1. The maximum absolute atomic E-state index is 12.4. The Bertz CT molecular complexity index is 992. The second-order valence-electron chi connectivity index (χ2n) is 8.40. The van der Waals surface area contributed by atoms with Gasteiger partial charge >= 0.3 is 59.4 Å². The van der Waals surface area contributed by atoms with Crippen molar-refractivity contribution in [3.8, 4) is 5.75 Å². The molecule has 12 nitrogen and oxygen atoms in total. The quantitative estimate of drug-likeness (QED) is 0.112. The van der Waals surface area contributed by atoms with Crippen LogP contribution in [0.5, 0.6) is 5.75 Å². The molecule has 4 atom stereocenters. The molecule has 38 heavy (non-hydrogen) atoms. The Balaban J connectivity index is 0.0000137. The molecule has 0 radical (unpaired) electrons. The van der Waals surface area contributed by atoms with Crippen LogP contribution in [0.15, 0.2) is 24.3 Å². The zero-order valence-corrected chi connectivity index (χ0v) is 24.3. The molecular weight excluding hydrogens is 515 g/mol. The van der Waals surface area contributed by atoms with Crippen molar-refractivity contribution in [2.24, 2.45) is 0 Å². The first-order valence-electron chi connectivity index (χ1n) is 11.5. The molecule has 204 valence electrons. The molecule has 0 saturated heterocycles. The van der Waals surface area contributed by atoms with E-state index >= 15 is 0 Å².